The van der Waals surface area contributed by atoms with Gasteiger partial charge < -0.3 is 4.79 Å². The first-order valence-corrected chi connectivity index (χ1v) is 5.85. The Morgan fingerprint density at radius 3 is 3.00 bits per heavy atom. The molecule has 1 atom stereocenters. The SMILES string of the molecule is CC(C)CCCC1=CCCC(C=O)C1. The molecule has 0 aromatic heterocycles. The van der Waals surface area contributed by atoms with Crippen molar-refractivity contribution in [2.45, 2.75) is 52.4 Å². The lowest BCUT2D eigenvalue weighted by Crippen LogP contribution is -2.08. The van der Waals surface area contributed by atoms with Crippen LogP contribution in [0.1, 0.15) is 52.4 Å². The zero-order valence-electron chi connectivity index (χ0n) is 9.46. The lowest BCUT2D eigenvalue weighted by atomic mass is 9.87. The zero-order chi connectivity index (χ0) is 10.4. The van der Waals surface area contributed by atoms with Gasteiger partial charge in [0.05, 0.1) is 0 Å². The molecular formula is C13H22O. The second-order valence-electron chi connectivity index (χ2n) is 4.83. The molecule has 0 aromatic carbocycles. The van der Waals surface area contributed by atoms with Crippen LogP contribution in [0.3, 0.4) is 0 Å². The van der Waals surface area contributed by atoms with Crippen LogP contribution in [0, 0.1) is 11.8 Å². The second kappa shape index (κ2) is 6.00. The summed E-state index contributed by atoms with van der Waals surface area (Å²) in [5.74, 6) is 1.12. The van der Waals surface area contributed by atoms with Gasteiger partial charge in [0.25, 0.3) is 0 Å². The fourth-order valence-corrected chi connectivity index (χ4v) is 2.08. The monoisotopic (exact) mass is 194 g/mol. The van der Waals surface area contributed by atoms with Gasteiger partial charge in [-0.1, -0.05) is 31.9 Å². The number of carbonyl (C=O) groups excluding carboxylic acids is 1. The molecule has 0 radical (unpaired) electrons. The van der Waals surface area contributed by atoms with E-state index in [1.165, 1.54) is 24.8 Å². The summed E-state index contributed by atoms with van der Waals surface area (Å²) >= 11 is 0. The van der Waals surface area contributed by atoms with Crippen molar-refractivity contribution in [2.24, 2.45) is 11.8 Å². The highest BCUT2D eigenvalue weighted by Gasteiger charge is 2.13. The van der Waals surface area contributed by atoms with E-state index in [4.69, 9.17) is 0 Å². The van der Waals surface area contributed by atoms with Crippen molar-refractivity contribution in [1.29, 1.82) is 0 Å². The van der Waals surface area contributed by atoms with E-state index in [-0.39, 0.29) is 0 Å². The minimum absolute atomic E-state index is 0.314. The maximum Gasteiger partial charge on any atom is 0.123 e. The average molecular weight is 194 g/mol. The van der Waals surface area contributed by atoms with Crippen molar-refractivity contribution in [2.75, 3.05) is 0 Å². The van der Waals surface area contributed by atoms with Crippen molar-refractivity contribution in [1.82, 2.24) is 0 Å². The zero-order valence-corrected chi connectivity index (χ0v) is 9.46. The number of carbonyl (C=O) groups is 1. The van der Waals surface area contributed by atoms with Crippen LogP contribution in [0.2, 0.25) is 0 Å². The number of allylic oxidation sites excluding steroid dienone is 2. The molecule has 1 heteroatoms. The average Bonchev–Trinajstić information content (AvgIpc) is 2.18. The molecule has 1 aliphatic carbocycles. The van der Waals surface area contributed by atoms with E-state index in [9.17, 15) is 4.79 Å². The van der Waals surface area contributed by atoms with Crippen LogP contribution in [-0.2, 0) is 4.79 Å². The molecule has 0 saturated heterocycles. The van der Waals surface area contributed by atoms with Gasteiger partial charge in [-0.15, -0.1) is 0 Å². The van der Waals surface area contributed by atoms with E-state index in [0.29, 0.717) is 5.92 Å². The van der Waals surface area contributed by atoms with E-state index < -0.39 is 0 Å². The molecule has 0 amide bonds. The smallest absolute Gasteiger partial charge is 0.123 e. The van der Waals surface area contributed by atoms with Gasteiger partial charge in [0, 0.05) is 5.92 Å². The van der Waals surface area contributed by atoms with Gasteiger partial charge in [-0.2, -0.15) is 0 Å². The van der Waals surface area contributed by atoms with Crippen molar-refractivity contribution >= 4 is 6.29 Å². The van der Waals surface area contributed by atoms with E-state index in [1.54, 1.807) is 0 Å². The summed E-state index contributed by atoms with van der Waals surface area (Å²) in [5, 5.41) is 0. The van der Waals surface area contributed by atoms with Crippen LogP contribution >= 0.6 is 0 Å². The highest BCUT2D eigenvalue weighted by atomic mass is 16.1. The first-order chi connectivity index (χ1) is 6.72. The maximum absolute atomic E-state index is 10.7. The second-order valence-corrected chi connectivity index (χ2v) is 4.83. The normalized spacial score (nSPS) is 22.2. The highest BCUT2D eigenvalue weighted by Crippen LogP contribution is 2.26. The maximum atomic E-state index is 10.7. The van der Waals surface area contributed by atoms with Gasteiger partial charge in [-0.05, 0) is 38.0 Å². The summed E-state index contributed by atoms with van der Waals surface area (Å²) in [6.07, 6.45) is 10.5. The standard InChI is InChI=1S/C13H22O/c1-11(2)5-3-6-12-7-4-8-13(9-12)10-14/h7,10-11,13H,3-6,8-9H2,1-2H3. The third-order valence-corrected chi connectivity index (χ3v) is 2.97. The minimum Gasteiger partial charge on any atom is -0.303 e. The van der Waals surface area contributed by atoms with Crippen LogP contribution in [0.15, 0.2) is 11.6 Å². The van der Waals surface area contributed by atoms with Crippen molar-refractivity contribution in [3.8, 4) is 0 Å². The summed E-state index contributed by atoms with van der Waals surface area (Å²) < 4.78 is 0. The van der Waals surface area contributed by atoms with Gasteiger partial charge in [0.2, 0.25) is 0 Å². The molecule has 1 unspecified atom stereocenters. The van der Waals surface area contributed by atoms with Crippen LogP contribution in [0.25, 0.3) is 0 Å². The summed E-state index contributed by atoms with van der Waals surface area (Å²) in [7, 11) is 0. The van der Waals surface area contributed by atoms with Crippen LogP contribution < -0.4 is 0 Å². The molecule has 80 valence electrons. The van der Waals surface area contributed by atoms with E-state index in [1.807, 2.05) is 0 Å². The molecule has 0 aromatic rings. The largest absolute Gasteiger partial charge is 0.303 e. The van der Waals surface area contributed by atoms with E-state index >= 15 is 0 Å². The Balaban J connectivity index is 2.23. The van der Waals surface area contributed by atoms with Crippen LogP contribution in [0.4, 0.5) is 0 Å². The molecule has 14 heavy (non-hydrogen) atoms. The Kier molecular flexibility index (Phi) is 4.92. The quantitative estimate of drug-likeness (QED) is 0.481. The topological polar surface area (TPSA) is 17.1 Å². The van der Waals surface area contributed by atoms with Gasteiger partial charge in [-0.3, -0.25) is 0 Å². The molecular weight excluding hydrogens is 172 g/mol. The molecule has 0 heterocycles. The first kappa shape index (κ1) is 11.5. The van der Waals surface area contributed by atoms with Crippen molar-refractivity contribution < 1.29 is 4.79 Å². The summed E-state index contributed by atoms with van der Waals surface area (Å²) in [6, 6.07) is 0. The highest BCUT2D eigenvalue weighted by molar-refractivity contribution is 5.54. The Labute approximate surface area is 87.6 Å². The van der Waals surface area contributed by atoms with Gasteiger partial charge in [-0.25, -0.2) is 0 Å². The Morgan fingerprint density at radius 1 is 1.57 bits per heavy atom. The number of hydrogen-bond acceptors (Lipinski definition) is 1. The van der Waals surface area contributed by atoms with Crippen molar-refractivity contribution in [3.63, 3.8) is 0 Å². The molecule has 0 N–H and O–H groups in total. The number of hydrogen-bond donors (Lipinski definition) is 0. The first-order valence-electron chi connectivity index (χ1n) is 5.85. The molecule has 0 saturated carbocycles. The van der Waals surface area contributed by atoms with Gasteiger partial charge in [0.15, 0.2) is 0 Å². The fourth-order valence-electron chi connectivity index (χ4n) is 2.08. The molecule has 0 spiro atoms. The Bertz CT molecular complexity index is 203. The molecule has 1 aliphatic rings. The van der Waals surface area contributed by atoms with Gasteiger partial charge >= 0.3 is 0 Å². The molecule has 0 fully saturated rings. The summed E-state index contributed by atoms with van der Waals surface area (Å²) in [6.45, 7) is 4.53. The van der Waals surface area contributed by atoms with E-state index in [0.717, 1.165) is 31.5 Å². The third kappa shape index (κ3) is 4.08. The Hall–Kier alpha value is -0.590. The molecule has 0 aliphatic heterocycles. The van der Waals surface area contributed by atoms with Crippen LogP contribution in [0.5, 0.6) is 0 Å². The lowest BCUT2D eigenvalue weighted by Gasteiger charge is -2.18. The predicted octanol–water partition coefficient (Wildman–Crippen LogP) is 3.74. The van der Waals surface area contributed by atoms with Gasteiger partial charge in [0.1, 0.15) is 6.29 Å². The van der Waals surface area contributed by atoms with E-state index in [2.05, 4.69) is 19.9 Å². The van der Waals surface area contributed by atoms with Crippen LogP contribution in [-0.4, -0.2) is 6.29 Å². The molecule has 1 nitrogen and oxygen atoms in total. The summed E-state index contributed by atoms with van der Waals surface area (Å²) in [5.41, 5.74) is 1.52. The molecule has 1 rings (SSSR count). The minimum atomic E-state index is 0.314. The summed E-state index contributed by atoms with van der Waals surface area (Å²) in [4.78, 5) is 10.7. The lowest BCUT2D eigenvalue weighted by molar-refractivity contribution is -0.111. The fraction of sp³-hybridized carbons (Fsp3) is 0.769. The number of aldehydes is 1. The Morgan fingerprint density at radius 2 is 2.36 bits per heavy atom. The third-order valence-electron chi connectivity index (χ3n) is 2.97. The molecule has 0 bridgehead atoms. The predicted molar refractivity (Wildman–Crippen MR) is 60.2 cm³/mol. The van der Waals surface area contributed by atoms with Crippen molar-refractivity contribution in [3.05, 3.63) is 11.6 Å². The number of rotatable bonds is 5.